The van der Waals surface area contributed by atoms with Crippen LogP contribution in [0.2, 0.25) is 0 Å². The van der Waals surface area contributed by atoms with E-state index in [0.29, 0.717) is 17.1 Å². The molecule has 0 saturated heterocycles. The first-order valence-electron chi connectivity index (χ1n) is 5.32. The molecule has 6 nitrogen and oxygen atoms in total. The third-order valence-electron chi connectivity index (χ3n) is 2.38. The van der Waals surface area contributed by atoms with Gasteiger partial charge in [0.15, 0.2) is 0 Å². The summed E-state index contributed by atoms with van der Waals surface area (Å²) in [5.41, 5.74) is 0.285. The van der Waals surface area contributed by atoms with Crippen LogP contribution in [0.15, 0.2) is 46.9 Å². The molecule has 1 aromatic carbocycles. The average molecular weight is 296 g/mol. The highest BCUT2D eigenvalue weighted by Crippen LogP contribution is 2.30. The highest BCUT2D eigenvalue weighted by molar-refractivity contribution is 5.85. The van der Waals surface area contributed by atoms with Gasteiger partial charge in [0.25, 0.3) is 5.69 Å². The minimum Gasteiger partial charge on any atom is -0.478 e. The fourth-order valence-corrected chi connectivity index (χ4v) is 1.58. The van der Waals surface area contributed by atoms with E-state index in [1.165, 1.54) is 12.1 Å². The number of halogens is 1. The van der Waals surface area contributed by atoms with Crippen LogP contribution in [0.1, 0.15) is 5.76 Å². The van der Waals surface area contributed by atoms with Gasteiger partial charge in [0, 0.05) is 12.1 Å². The molecular weight excluding hydrogens is 286 g/mol. The van der Waals surface area contributed by atoms with Crippen molar-refractivity contribution in [3.63, 3.8) is 0 Å². The summed E-state index contributed by atoms with van der Waals surface area (Å²) >= 11 is 0. The summed E-state index contributed by atoms with van der Waals surface area (Å²) in [6.07, 6.45) is 2.21. The highest BCUT2D eigenvalue weighted by Gasteiger charge is 2.16. The SMILES string of the molecule is Cl.O=C(O)/C=C/c1ccc(-c2ccccc2[N+](=O)[O-])o1. The molecule has 0 aliphatic carbocycles. The molecule has 0 bridgehead atoms. The van der Waals surface area contributed by atoms with Crippen LogP contribution in [0.5, 0.6) is 0 Å². The van der Waals surface area contributed by atoms with Gasteiger partial charge in [-0.3, -0.25) is 10.1 Å². The molecule has 0 spiro atoms. The normalized spacial score (nSPS) is 10.2. The summed E-state index contributed by atoms with van der Waals surface area (Å²) in [4.78, 5) is 20.8. The van der Waals surface area contributed by atoms with Crippen molar-refractivity contribution in [2.24, 2.45) is 0 Å². The second kappa shape index (κ2) is 6.53. The summed E-state index contributed by atoms with van der Waals surface area (Å²) in [5.74, 6) is -0.462. The number of hydrogen-bond acceptors (Lipinski definition) is 4. The lowest BCUT2D eigenvalue weighted by molar-refractivity contribution is -0.384. The Bertz CT molecular complexity index is 662. The van der Waals surface area contributed by atoms with E-state index in [1.54, 1.807) is 30.3 Å². The maximum absolute atomic E-state index is 10.9. The lowest BCUT2D eigenvalue weighted by Crippen LogP contribution is -1.90. The minimum absolute atomic E-state index is 0. The zero-order chi connectivity index (χ0) is 13.8. The van der Waals surface area contributed by atoms with Gasteiger partial charge in [-0.15, -0.1) is 12.4 Å². The number of carboxylic acid groups (broad SMARTS) is 1. The van der Waals surface area contributed by atoms with Crippen molar-refractivity contribution in [1.29, 1.82) is 0 Å². The van der Waals surface area contributed by atoms with Crippen LogP contribution in [0.4, 0.5) is 5.69 Å². The molecule has 1 aromatic heterocycles. The molecule has 0 atom stereocenters. The van der Waals surface area contributed by atoms with Crippen LogP contribution >= 0.6 is 12.4 Å². The van der Waals surface area contributed by atoms with E-state index in [9.17, 15) is 14.9 Å². The van der Waals surface area contributed by atoms with Crippen molar-refractivity contribution in [2.45, 2.75) is 0 Å². The van der Waals surface area contributed by atoms with Gasteiger partial charge < -0.3 is 9.52 Å². The van der Waals surface area contributed by atoms with Crippen LogP contribution in [0.25, 0.3) is 17.4 Å². The van der Waals surface area contributed by atoms with Crippen LogP contribution < -0.4 is 0 Å². The summed E-state index contributed by atoms with van der Waals surface area (Å²) < 4.78 is 5.36. The van der Waals surface area contributed by atoms with Gasteiger partial charge >= 0.3 is 5.97 Å². The van der Waals surface area contributed by atoms with Crippen molar-refractivity contribution in [3.8, 4) is 11.3 Å². The highest BCUT2D eigenvalue weighted by atomic mass is 35.5. The summed E-state index contributed by atoms with van der Waals surface area (Å²) in [5, 5.41) is 19.4. The van der Waals surface area contributed by atoms with Gasteiger partial charge in [-0.05, 0) is 24.3 Å². The fourth-order valence-electron chi connectivity index (χ4n) is 1.58. The molecule has 0 saturated carbocycles. The molecule has 0 aliphatic heterocycles. The topological polar surface area (TPSA) is 93.6 Å². The molecule has 2 rings (SSSR count). The Labute approximate surface area is 119 Å². The van der Waals surface area contributed by atoms with Crippen LogP contribution in [0.3, 0.4) is 0 Å². The van der Waals surface area contributed by atoms with E-state index < -0.39 is 10.9 Å². The molecule has 0 fully saturated rings. The number of para-hydroxylation sites is 1. The second-order valence-electron chi connectivity index (χ2n) is 3.65. The molecular formula is C13H10ClNO5. The second-order valence-corrected chi connectivity index (χ2v) is 3.65. The van der Waals surface area contributed by atoms with Crippen LogP contribution in [-0.2, 0) is 4.79 Å². The fraction of sp³-hybridized carbons (Fsp3) is 0. The first-order chi connectivity index (χ1) is 9.08. The molecule has 2 aromatic rings. The smallest absolute Gasteiger partial charge is 0.328 e. The maximum atomic E-state index is 10.9. The van der Waals surface area contributed by atoms with E-state index in [0.717, 1.165) is 6.08 Å². The number of hydrogen-bond donors (Lipinski definition) is 1. The lowest BCUT2D eigenvalue weighted by Gasteiger charge is -1.98. The van der Waals surface area contributed by atoms with Gasteiger partial charge in [0.05, 0.1) is 10.5 Å². The number of nitrogens with zero attached hydrogens (tertiary/aromatic N) is 1. The third kappa shape index (κ3) is 3.46. The number of carbonyl (C=O) groups is 1. The Morgan fingerprint density at radius 2 is 1.95 bits per heavy atom. The molecule has 0 unspecified atom stereocenters. The number of benzene rings is 1. The van der Waals surface area contributed by atoms with E-state index in [-0.39, 0.29) is 18.1 Å². The molecule has 104 valence electrons. The lowest BCUT2D eigenvalue weighted by atomic mass is 10.1. The average Bonchev–Trinajstić information content (AvgIpc) is 2.85. The Balaban J connectivity index is 0.00000200. The van der Waals surface area contributed by atoms with Crippen molar-refractivity contribution in [1.82, 2.24) is 0 Å². The van der Waals surface area contributed by atoms with Gasteiger partial charge in [-0.25, -0.2) is 4.79 Å². The number of carboxylic acids is 1. The number of rotatable bonds is 4. The van der Waals surface area contributed by atoms with Crippen molar-refractivity contribution < 1.29 is 19.2 Å². The Hall–Kier alpha value is -2.60. The van der Waals surface area contributed by atoms with Gasteiger partial charge in [-0.1, -0.05) is 12.1 Å². The zero-order valence-electron chi connectivity index (χ0n) is 10.1. The van der Waals surface area contributed by atoms with Crippen molar-refractivity contribution in [2.75, 3.05) is 0 Å². The van der Waals surface area contributed by atoms with Crippen LogP contribution in [0, 0.1) is 10.1 Å². The minimum atomic E-state index is -1.09. The molecule has 0 radical (unpaired) electrons. The Morgan fingerprint density at radius 1 is 1.25 bits per heavy atom. The number of aliphatic carboxylic acids is 1. The first-order valence-corrected chi connectivity index (χ1v) is 5.32. The summed E-state index contributed by atoms with van der Waals surface area (Å²) in [6, 6.07) is 9.29. The summed E-state index contributed by atoms with van der Waals surface area (Å²) in [6.45, 7) is 0. The standard InChI is InChI=1S/C13H9NO5.ClH/c15-13(16)8-6-9-5-7-12(19-9)10-3-1-2-4-11(10)14(17)18;/h1-8H,(H,15,16);1H/b8-6+;. The molecule has 1 heterocycles. The van der Waals surface area contributed by atoms with Gasteiger partial charge in [0.2, 0.25) is 0 Å². The van der Waals surface area contributed by atoms with Gasteiger partial charge in [0.1, 0.15) is 11.5 Å². The molecule has 1 N–H and O–H groups in total. The van der Waals surface area contributed by atoms with Crippen molar-refractivity contribution >= 4 is 30.1 Å². The maximum Gasteiger partial charge on any atom is 0.328 e. The Kier molecular flexibility index (Phi) is 5.05. The van der Waals surface area contributed by atoms with Gasteiger partial charge in [-0.2, -0.15) is 0 Å². The predicted molar refractivity (Wildman–Crippen MR) is 74.7 cm³/mol. The van der Waals surface area contributed by atoms with E-state index >= 15 is 0 Å². The van der Waals surface area contributed by atoms with Crippen LogP contribution in [-0.4, -0.2) is 16.0 Å². The molecule has 0 amide bonds. The third-order valence-corrected chi connectivity index (χ3v) is 2.38. The number of furan rings is 1. The molecule has 0 aliphatic rings. The van der Waals surface area contributed by atoms with Crippen molar-refractivity contribution in [3.05, 3.63) is 58.3 Å². The molecule has 7 heteroatoms. The monoisotopic (exact) mass is 295 g/mol. The zero-order valence-corrected chi connectivity index (χ0v) is 10.9. The van der Waals surface area contributed by atoms with E-state index in [4.69, 9.17) is 9.52 Å². The molecule has 20 heavy (non-hydrogen) atoms. The largest absolute Gasteiger partial charge is 0.478 e. The van der Waals surface area contributed by atoms with E-state index in [1.807, 2.05) is 0 Å². The number of nitro groups is 1. The Morgan fingerprint density at radius 3 is 2.60 bits per heavy atom. The van der Waals surface area contributed by atoms with E-state index in [2.05, 4.69) is 0 Å². The quantitative estimate of drug-likeness (QED) is 0.530. The predicted octanol–water partition coefficient (Wildman–Crippen LogP) is 3.37. The summed E-state index contributed by atoms with van der Waals surface area (Å²) in [7, 11) is 0. The number of nitro benzene ring substituents is 1. The first kappa shape index (κ1) is 15.5.